The molecule has 186 valence electrons. The second kappa shape index (κ2) is 11.4. The van der Waals surface area contributed by atoms with Gasteiger partial charge in [-0.2, -0.15) is 0 Å². The molecule has 0 radical (unpaired) electrons. The van der Waals surface area contributed by atoms with Crippen LogP contribution in [0, 0.1) is 5.92 Å². The van der Waals surface area contributed by atoms with E-state index in [1.165, 1.54) is 11.1 Å². The van der Waals surface area contributed by atoms with Gasteiger partial charge in [0.1, 0.15) is 6.61 Å². The van der Waals surface area contributed by atoms with Crippen LogP contribution in [0.3, 0.4) is 0 Å². The average molecular weight is 479 g/mol. The van der Waals surface area contributed by atoms with Crippen molar-refractivity contribution in [3.05, 3.63) is 59.7 Å². The van der Waals surface area contributed by atoms with Crippen molar-refractivity contribution < 1.29 is 24.2 Å². The molecule has 0 aliphatic heterocycles. The highest BCUT2D eigenvalue weighted by atomic mass is 16.5. The number of alkyl carbamates (subject to hydrolysis) is 1. The van der Waals surface area contributed by atoms with Gasteiger partial charge >= 0.3 is 12.1 Å². The van der Waals surface area contributed by atoms with Gasteiger partial charge in [-0.3, -0.25) is 9.59 Å². The number of benzene rings is 2. The molecule has 2 amide bonds. The molecule has 7 nitrogen and oxygen atoms in total. The van der Waals surface area contributed by atoms with Gasteiger partial charge in [0.25, 0.3) is 0 Å². The Labute approximate surface area is 206 Å². The van der Waals surface area contributed by atoms with Crippen molar-refractivity contribution in [2.75, 3.05) is 6.61 Å². The highest BCUT2D eigenvalue weighted by Gasteiger charge is 2.31. The quantitative estimate of drug-likeness (QED) is 0.453. The summed E-state index contributed by atoms with van der Waals surface area (Å²) in [6.07, 6.45) is 3.68. The second-order valence-electron chi connectivity index (χ2n) is 9.62. The van der Waals surface area contributed by atoms with E-state index in [0.717, 1.165) is 36.8 Å². The third-order valence-electron chi connectivity index (χ3n) is 7.18. The summed E-state index contributed by atoms with van der Waals surface area (Å²) < 4.78 is 5.65. The summed E-state index contributed by atoms with van der Waals surface area (Å²) in [5.74, 6) is -1.05. The molecule has 4 rings (SSSR count). The zero-order chi connectivity index (χ0) is 24.8. The molecule has 3 N–H and O–H groups in total. The summed E-state index contributed by atoms with van der Waals surface area (Å²) in [6, 6.07) is 15.9. The van der Waals surface area contributed by atoms with Gasteiger partial charge in [-0.1, -0.05) is 68.3 Å². The molecule has 0 aromatic heterocycles. The molecule has 7 heteroatoms. The molecule has 1 fully saturated rings. The first-order valence-corrected chi connectivity index (χ1v) is 12.6. The lowest BCUT2D eigenvalue weighted by atomic mass is 9.98. The third-order valence-corrected chi connectivity index (χ3v) is 7.18. The van der Waals surface area contributed by atoms with Crippen LogP contribution in [0.2, 0.25) is 0 Å². The number of hydrogen-bond donors (Lipinski definition) is 3. The van der Waals surface area contributed by atoms with Crippen LogP contribution in [0.1, 0.15) is 68.9 Å². The molecule has 2 aliphatic carbocycles. The van der Waals surface area contributed by atoms with Crippen LogP contribution in [0.4, 0.5) is 4.79 Å². The first kappa shape index (κ1) is 24.8. The lowest BCUT2D eigenvalue weighted by Gasteiger charge is -2.23. The monoisotopic (exact) mass is 478 g/mol. The lowest BCUT2D eigenvalue weighted by molar-refractivity contribution is -0.138. The summed E-state index contributed by atoms with van der Waals surface area (Å²) in [5.41, 5.74) is 4.65. The predicted octanol–water partition coefficient (Wildman–Crippen LogP) is 4.84. The van der Waals surface area contributed by atoms with Crippen molar-refractivity contribution in [1.29, 1.82) is 0 Å². The van der Waals surface area contributed by atoms with E-state index >= 15 is 0 Å². The Bertz CT molecular complexity index is 1020. The first-order valence-electron chi connectivity index (χ1n) is 12.6. The summed E-state index contributed by atoms with van der Waals surface area (Å²) in [4.78, 5) is 36.5. The molecule has 3 atom stereocenters. The fourth-order valence-corrected chi connectivity index (χ4v) is 5.57. The second-order valence-corrected chi connectivity index (χ2v) is 9.62. The Morgan fingerprint density at radius 3 is 2.31 bits per heavy atom. The van der Waals surface area contributed by atoms with Gasteiger partial charge in [0.05, 0.1) is 6.42 Å². The van der Waals surface area contributed by atoms with E-state index in [0.29, 0.717) is 6.42 Å². The number of hydrogen-bond acceptors (Lipinski definition) is 4. The molecule has 1 saturated carbocycles. The van der Waals surface area contributed by atoms with Gasteiger partial charge in [-0.05, 0) is 47.4 Å². The first-order chi connectivity index (χ1) is 17.0. The van der Waals surface area contributed by atoms with E-state index in [-0.39, 0.29) is 49.3 Å². The Morgan fingerprint density at radius 1 is 1.03 bits per heavy atom. The number of ether oxygens (including phenoxy) is 1. The van der Waals surface area contributed by atoms with Crippen molar-refractivity contribution in [1.82, 2.24) is 10.6 Å². The van der Waals surface area contributed by atoms with Crippen LogP contribution < -0.4 is 10.6 Å². The number of carboxylic acid groups (broad SMARTS) is 1. The number of carbonyl (C=O) groups excluding carboxylic acids is 2. The van der Waals surface area contributed by atoms with E-state index in [2.05, 4.69) is 34.9 Å². The van der Waals surface area contributed by atoms with Crippen molar-refractivity contribution in [3.63, 3.8) is 0 Å². The van der Waals surface area contributed by atoms with Gasteiger partial charge in [-0.25, -0.2) is 4.79 Å². The number of carboxylic acids is 1. The van der Waals surface area contributed by atoms with Crippen LogP contribution in [0.25, 0.3) is 11.1 Å². The molecule has 0 bridgehead atoms. The lowest BCUT2D eigenvalue weighted by Crippen LogP contribution is -2.43. The number of nitrogens with one attached hydrogen (secondary N) is 2. The maximum Gasteiger partial charge on any atom is 0.407 e. The van der Waals surface area contributed by atoms with Crippen LogP contribution in [-0.2, 0) is 14.3 Å². The minimum atomic E-state index is -0.836. The highest BCUT2D eigenvalue weighted by Crippen LogP contribution is 2.44. The number of aliphatic carboxylic acids is 1. The van der Waals surface area contributed by atoms with Gasteiger partial charge in [0.15, 0.2) is 0 Å². The topological polar surface area (TPSA) is 105 Å². The highest BCUT2D eigenvalue weighted by molar-refractivity contribution is 5.80. The largest absolute Gasteiger partial charge is 0.481 e. The Balaban J connectivity index is 1.31. The number of rotatable bonds is 10. The molecule has 2 aromatic rings. The van der Waals surface area contributed by atoms with Crippen LogP contribution in [0.5, 0.6) is 0 Å². The zero-order valence-corrected chi connectivity index (χ0v) is 20.2. The van der Waals surface area contributed by atoms with Crippen molar-refractivity contribution in [2.45, 2.75) is 69.9 Å². The molecule has 0 heterocycles. The zero-order valence-electron chi connectivity index (χ0n) is 20.2. The van der Waals surface area contributed by atoms with E-state index in [1.54, 1.807) is 0 Å². The van der Waals surface area contributed by atoms with E-state index in [4.69, 9.17) is 9.84 Å². The Hall–Kier alpha value is -3.35. The van der Waals surface area contributed by atoms with Gasteiger partial charge < -0.3 is 20.5 Å². The summed E-state index contributed by atoms with van der Waals surface area (Å²) in [5, 5.41) is 15.0. The Kier molecular flexibility index (Phi) is 8.06. The molecule has 35 heavy (non-hydrogen) atoms. The minimum absolute atomic E-state index is 0.0189. The molecule has 0 spiro atoms. The molecular weight excluding hydrogens is 444 g/mol. The number of carbonyl (C=O) groups is 3. The van der Waals surface area contributed by atoms with Crippen LogP contribution >= 0.6 is 0 Å². The van der Waals surface area contributed by atoms with Crippen LogP contribution in [-0.4, -0.2) is 41.8 Å². The molecule has 0 saturated heterocycles. The normalized spacial score (nSPS) is 19.5. The minimum Gasteiger partial charge on any atom is -0.481 e. The SMILES string of the molecule is CCC[C@H](CC(=O)NC1CCCC1CC(=O)O)NC(=O)OCC1c2ccccc2-c2ccccc21. The van der Waals surface area contributed by atoms with Crippen molar-refractivity contribution >= 4 is 18.0 Å². The summed E-state index contributed by atoms with van der Waals surface area (Å²) in [7, 11) is 0. The van der Waals surface area contributed by atoms with E-state index < -0.39 is 12.1 Å². The Morgan fingerprint density at radius 2 is 1.69 bits per heavy atom. The molecule has 2 aromatic carbocycles. The number of amides is 2. The average Bonchev–Trinajstić information content (AvgIpc) is 3.39. The van der Waals surface area contributed by atoms with Crippen LogP contribution in [0.15, 0.2) is 48.5 Å². The summed E-state index contributed by atoms with van der Waals surface area (Å²) >= 11 is 0. The maximum absolute atomic E-state index is 12.7. The summed E-state index contributed by atoms with van der Waals surface area (Å²) in [6.45, 7) is 2.23. The maximum atomic E-state index is 12.7. The van der Waals surface area contributed by atoms with E-state index in [1.807, 2.05) is 31.2 Å². The fourth-order valence-electron chi connectivity index (χ4n) is 5.57. The van der Waals surface area contributed by atoms with Crippen molar-refractivity contribution in [3.8, 4) is 11.1 Å². The van der Waals surface area contributed by atoms with Crippen molar-refractivity contribution in [2.24, 2.45) is 5.92 Å². The fraction of sp³-hybridized carbons (Fsp3) is 0.464. The van der Waals surface area contributed by atoms with Gasteiger partial charge in [0.2, 0.25) is 5.91 Å². The molecule has 2 unspecified atom stereocenters. The van der Waals surface area contributed by atoms with Gasteiger partial charge in [-0.15, -0.1) is 0 Å². The van der Waals surface area contributed by atoms with Gasteiger partial charge in [0, 0.05) is 24.4 Å². The molecule has 2 aliphatic rings. The number of fused-ring (bicyclic) bond motifs is 3. The van der Waals surface area contributed by atoms with E-state index in [9.17, 15) is 14.4 Å². The molecular formula is C28H34N2O5. The predicted molar refractivity (Wildman–Crippen MR) is 133 cm³/mol. The third kappa shape index (κ3) is 6.02. The standard InChI is InChI=1S/C28H34N2O5/c1-2-8-19(16-26(31)30-25-14-7-9-18(25)15-27(32)33)29-28(34)35-17-24-22-12-5-3-10-20(22)21-11-4-6-13-23(21)24/h3-6,10-13,18-19,24-25H,2,7-9,14-17H2,1H3,(H,29,34)(H,30,31)(H,32,33)/t18?,19-,25?/m1/s1. The smallest absolute Gasteiger partial charge is 0.407 e.